The lowest BCUT2D eigenvalue weighted by molar-refractivity contribution is 0.104. The van der Waals surface area contributed by atoms with Crippen molar-refractivity contribution in [3.8, 4) is 0 Å². The summed E-state index contributed by atoms with van der Waals surface area (Å²) in [5.74, 6) is 0. The quantitative estimate of drug-likeness (QED) is 0.666. The number of hydrogen-bond donors (Lipinski definition) is 1. The van der Waals surface area contributed by atoms with Gasteiger partial charge in [-0.1, -0.05) is 12.1 Å². The molecule has 0 bridgehead atoms. The Morgan fingerprint density at radius 3 is 2.54 bits per heavy atom. The Morgan fingerprint density at radius 2 is 1.92 bits per heavy atom. The Bertz CT molecular complexity index is 233. The highest BCUT2D eigenvalue weighted by Crippen LogP contribution is 2.07. The number of benzene rings is 1. The summed E-state index contributed by atoms with van der Waals surface area (Å²) < 4.78 is 6.57. The molecule has 0 saturated carbocycles. The summed E-state index contributed by atoms with van der Waals surface area (Å²) in [5, 5.41) is 8.52. The number of hydrogen-bond acceptors (Lipinski definition) is 2. The predicted molar refractivity (Wildman–Crippen MR) is 60.5 cm³/mol. The number of rotatable bonds is 5. The van der Waals surface area contributed by atoms with Crippen LogP contribution in [0.1, 0.15) is 12.0 Å². The molecule has 2 nitrogen and oxygen atoms in total. The van der Waals surface area contributed by atoms with Crippen molar-refractivity contribution in [2.75, 3.05) is 13.2 Å². The van der Waals surface area contributed by atoms with Crippen LogP contribution in [0, 0.1) is 3.57 Å². The largest absolute Gasteiger partial charge is 0.396 e. The van der Waals surface area contributed by atoms with Gasteiger partial charge in [-0.15, -0.1) is 0 Å². The van der Waals surface area contributed by atoms with Crippen LogP contribution < -0.4 is 0 Å². The van der Waals surface area contributed by atoms with Gasteiger partial charge in [0.25, 0.3) is 0 Å². The zero-order chi connectivity index (χ0) is 9.52. The van der Waals surface area contributed by atoms with E-state index in [0.29, 0.717) is 19.6 Å². The maximum atomic E-state index is 8.52. The molecule has 0 radical (unpaired) electrons. The third-order valence-corrected chi connectivity index (χ3v) is 2.35. The van der Waals surface area contributed by atoms with Gasteiger partial charge < -0.3 is 9.84 Å². The van der Waals surface area contributed by atoms with Crippen molar-refractivity contribution in [1.82, 2.24) is 0 Å². The number of aliphatic hydroxyl groups is 1. The van der Waals surface area contributed by atoms with Gasteiger partial charge in [0, 0.05) is 16.8 Å². The summed E-state index contributed by atoms with van der Waals surface area (Å²) in [6.45, 7) is 1.46. The molecule has 72 valence electrons. The molecular weight excluding hydrogens is 279 g/mol. The molecule has 0 heterocycles. The van der Waals surface area contributed by atoms with Crippen molar-refractivity contribution >= 4 is 22.6 Å². The number of ether oxygens (including phenoxy) is 1. The molecule has 1 aromatic carbocycles. The SMILES string of the molecule is OCCCOCc1ccc(I)cc1. The second-order valence-corrected chi connectivity index (χ2v) is 4.00. The highest BCUT2D eigenvalue weighted by Gasteiger charge is 1.92. The Labute approximate surface area is 92.1 Å². The lowest BCUT2D eigenvalue weighted by Gasteiger charge is -2.02. The predicted octanol–water partition coefficient (Wildman–Crippen LogP) is 2.19. The summed E-state index contributed by atoms with van der Waals surface area (Å²) in [6.07, 6.45) is 0.713. The summed E-state index contributed by atoms with van der Waals surface area (Å²) in [6, 6.07) is 8.23. The van der Waals surface area contributed by atoms with E-state index >= 15 is 0 Å². The van der Waals surface area contributed by atoms with Crippen LogP contribution in [0.15, 0.2) is 24.3 Å². The molecule has 0 spiro atoms. The van der Waals surface area contributed by atoms with Crippen LogP contribution in [-0.4, -0.2) is 18.3 Å². The molecule has 3 heteroatoms. The Morgan fingerprint density at radius 1 is 1.23 bits per heavy atom. The van der Waals surface area contributed by atoms with E-state index < -0.39 is 0 Å². The minimum absolute atomic E-state index is 0.201. The molecule has 0 saturated heterocycles. The third kappa shape index (κ3) is 4.59. The first kappa shape index (κ1) is 10.9. The van der Waals surface area contributed by atoms with Gasteiger partial charge in [-0.05, 0) is 46.7 Å². The normalized spacial score (nSPS) is 10.3. The molecule has 0 aliphatic rings. The van der Waals surface area contributed by atoms with Crippen molar-refractivity contribution in [2.45, 2.75) is 13.0 Å². The zero-order valence-corrected chi connectivity index (χ0v) is 9.53. The highest BCUT2D eigenvalue weighted by atomic mass is 127. The summed E-state index contributed by atoms with van der Waals surface area (Å²) in [4.78, 5) is 0. The molecule has 0 aromatic heterocycles. The minimum atomic E-state index is 0.201. The molecule has 0 atom stereocenters. The molecule has 0 fully saturated rings. The van der Waals surface area contributed by atoms with Crippen molar-refractivity contribution in [1.29, 1.82) is 0 Å². The highest BCUT2D eigenvalue weighted by molar-refractivity contribution is 14.1. The molecule has 1 N–H and O–H groups in total. The van der Waals surface area contributed by atoms with Crippen LogP contribution in [-0.2, 0) is 11.3 Å². The number of halogens is 1. The molecule has 0 aliphatic heterocycles. The van der Waals surface area contributed by atoms with E-state index in [9.17, 15) is 0 Å². The van der Waals surface area contributed by atoms with Crippen LogP contribution in [0.2, 0.25) is 0 Å². The number of aliphatic hydroxyl groups excluding tert-OH is 1. The molecule has 1 aromatic rings. The van der Waals surface area contributed by atoms with E-state index in [2.05, 4.69) is 46.9 Å². The molecule has 0 unspecified atom stereocenters. The molecule has 1 rings (SSSR count). The summed E-state index contributed by atoms with van der Waals surface area (Å²) in [5.41, 5.74) is 1.18. The summed E-state index contributed by atoms with van der Waals surface area (Å²) in [7, 11) is 0. The van der Waals surface area contributed by atoms with Crippen LogP contribution in [0.5, 0.6) is 0 Å². The Kier molecular flexibility index (Phi) is 5.34. The van der Waals surface area contributed by atoms with E-state index in [1.165, 1.54) is 9.13 Å². The molecular formula is C10H13IO2. The van der Waals surface area contributed by atoms with Crippen molar-refractivity contribution < 1.29 is 9.84 Å². The second-order valence-electron chi connectivity index (χ2n) is 2.76. The van der Waals surface area contributed by atoms with Gasteiger partial charge in [0.15, 0.2) is 0 Å². The van der Waals surface area contributed by atoms with Gasteiger partial charge in [0.1, 0.15) is 0 Å². The molecule has 0 aliphatic carbocycles. The Hall–Kier alpha value is -0.130. The maximum absolute atomic E-state index is 8.52. The summed E-state index contributed by atoms with van der Waals surface area (Å²) >= 11 is 2.27. The van der Waals surface area contributed by atoms with Gasteiger partial charge in [-0.3, -0.25) is 0 Å². The van der Waals surface area contributed by atoms with Gasteiger partial charge in [0.2, 0.25) is 0 Å². The first-order chi connectivity index (χ1) is 6.33. The maximum Gasteiger partial charge on any atom is 0.0716 e. The topological polar surface area (TPSA) is 29.5 Å². The third-order valence-electron chi connectivity index (χ3n) is 1.63. The van der Waals surface area contributed by atoms with Gasteiger partial charge >= 0.3 is 0 Å². The van der Waals surface area contributed by atoms with Gasteiger partial charge in [0.05, 0.1) is 6.61 Å². The van der Waals surface area contributed by atoms with Crippen molar-refractivity contribution in [2.24, 2.45) is 0 Å². The van der Waals surface area contributed by atoms with Gasteiger partial charge in [-0.25, -0.2) is 0 Å². The lowest BCUT2D eigenvalue weighted by atomic mass is 10.2. The smallest absolute Gasteiger partial charge is 0.0716 e. The second kappa shape index (κ2) is 6.34. The van der Waals surface area contributed by atoms with Crippen LogP contribution in [0.3, 0.4) is 0 Å². The van der Waals surface area contributed by atoms with Crippen molar-refractivity contribution in [3.63, 3.8) is 0 Å². The van der Waals surface area contributed by atoms with Crippen LogP contribution in [0.4, 0.5) is 0 Å². The Balaban J connectivity index is 2.25. The monoisotopic (exact) mass is 292 g/mol. The average Bonchev–Trinajstić information content (AvgIpc) is 2.15. The lowest BCUT2D eigenvalue weighted by Crippen LogP contribution is -1.97. The average molecular weight is 292 g/mol. The van der Waals surface area contributed by atoms with Gasteiger partial charge in [-0.2, -0.15) is 0 Å². The molecule has 0 amide bonds. The van der Waals surface area contributed by atoms with E-state index in [1.54, 1.807) is 0 Å². The fourth-order valence-electron chi connectivity index (χ4n) is 0.937. The van der Waals surface area contributed by atoms with E-state index in [1.807, 2.05) is 0 Å². The first-order valence-corrected chi connectivity index (χ1v) is 5.34. The standard InChI is InChI=1S/C10H13IO2/c11-10-4-2-9(3-5-10)8-13-7-1-6-12/h2-5,12H,1,6-8H2. The van der Waals surface area contributed by atoms with E-state index in [-0.39, 0.29) is 6.61 Å². The first-order valence-electron chi connectivity index (χ1n) is 4.26. The minimum Gasteiger partial charge on any atom is -0.396 e. The van der Waals surface area contributed by atoms with Crippen LogP contribution >= 0.6 is 22.6 Å². The fourth-order valence-corrected chi connectivity index (χ4v) is 1.30. The molecule has 13 heavy (non-hydrogen) atoms. The van der Waals surface area contributed by atoms with E-state index in [0.717, 1.165) is 0 Å². The van der Waals surface area contributed by atoms with E-state index in [4.69, 9.17) is 9.84 Å². The zero-order valence-electron chi connectivity index (χ0n) is 7.37. The fraction of sp³-hybridized carbons (Fsp3) is 0.400. The van der Waals surface area contributed by atoms with Crippen molar-refractivity contribution in [3.05, 3.63) is 33.4 Å². The van der Waals surface area contributed by atoms with Crippen LogP contribution in [0.25, 0.3) is 0 Å².